The number of aromatic nitrogens is 2. The van der Waals surface area contributed by atoms with Crippen molar-refractivity contribution < 1.29 is 13.2 Å². The standard InChI is InChI=1S/C15H21N3O3S/c1-12(2)18-15(17-22(19,20)10-9-21-3)11-14(16-18)13-7-5-4-6-8-13/h4-8,11-12,17H,9-10H2,1-3H3. The van der Waals surface area contributed by atoms with Crippen molar-refractivity contribution in [3.8, 4) is 11.3 Å². The molecule has 0 saturated carbocycles. The molecule has 0 atom stereocenters. The van der Waals surface area contributed by atoms with Crippen LogP contribution >= 0.6 is 0 Å². The van der Waals surface area contributed by atoms with Gasteiger partial charge in [-0.25, -0.2) is 13.1 Å². The molecular formula is C15H21N3O3S. The maximum absolute atomic E-state index is 12.0. The average molecular weight is 323 g/mol. The van der Waals surface area contributed by atoms with Gasteiger partial charge in [-0.2, -0.15) is 5.10 Å². The molecule has 1 aromatic heterocycles. The van der Waals surface area contributed by atoms with Gasteiger partial charge in [-0.3, -0.25) is 4.72 Å². The number of methoxy groups -OCH3 is 1. The van der Waals surface area contributed by atoms with Gasteiger partial charge in [0.15, 0.2) is 0 Å². The summed E-state index contributed by atoms with van der Waals surface area (Å²) in [6, 6.07) is 11.4. The number of ether oxygens (including phenoxy) is 1. The van der Waals surface area contributed by atoms with Crippen molar-refractivity contribution in [3.05, 3.63) is 36.4 Å². The molecular weight excluding hydrogens is 302 g/mol. The third-order valence-electron chi connectivity index (χ3n) is 3.11. The Morgan fingerprint density at radius 3 is 2.55 bits per heavy atom. The zero-order valence-corrected chi connectivity index (χ0v) is 13.8. The van der Waals surface area contributed by atoms with E-state index in [9.17, 15) is 8.42 Å². The lowest BCUT2D eigenvalue weighted by Gasteiger charge is -2.12. The van der Waals surface area contributed by atoms with Crippen LogP contribution in [0.3, 0.4) is 0 Å². The van der Waals surface area contributed by atoms with Gasteiger partial charge in [-0.05, 0) is 13.8 Å². The van der Waals surface area contributed by atoms with E-state index in [1.165, 1.54) is 7.11 Å². The summed E-state index contributed by atoms with van der Waals surface area (Å²) in [4.78, 5) is 0. The van der Waals surface area contributed by atoms with Crippen molar-refractivity contribution in [1.29, 1.82) is 0 Å². The molecule has 120 valence electrons. The van der Waals surface area contributed by atoms with Crippen LogP contribution in [0.2, 0.25) is 0 Å². The molecule has 0 aliphatic heterocycles. The maximum Gasteiger partial charge on any atom is 0.236 e. The summed E-state index contributed by atoms with van der Waals surface area (Å²) in [6.45, 7) is 4.06. The van der Waals surface area contributed by atoms with Crippen molar-refractivity contribution in [2.75, 3.05) is 24.2 Å². The Bertz CT molecular complexity index is 709. The van der Waals surface area contributed by atoms with Gasteiger partial charge in [0.1, 0.15) is 5.82 Å². The van der Waals surface area contributed by atoms with Crippen molar-refractivity contribution in [2.24, 2.45) is 0 Å². The number of hydrogen-bond donors (Lipinski definition) is 1. The Balaban J connectivity index is 2.33. The first-order chi connectivity index (χ1) is 10.4. The third-order valence-corrected chi connectivity index (χ3v) is 4.33. The number of nitrogens with zero attached hydrogens (tertiary/aromatic N) is 2. The lowest BCUT2D eigenvalue weighted by atomic mass is 10.2. The molecule has 2 rings (SSSR count). The van der Waals surface area contributed by atoms with Crippen LogP contribution in [0.5, 0.6) is 0 Å². The highest BCUT2D eigenvalue weighted by atomic mass is 32.2. The molecule has 1 N–H and O–H groups in total. The lowest BCUT2D eigenvalue weighted by Crippen LogP contribution is -2.22. The van der Waals surface area contributed by atoms with Gasteiger partial charge >= 0.3 is 0 Å². The van der Waals surface area contributed by atoms with Gasteiger partial charge in [0.25, 0.3) is 0 Å². The highest BCUT2D eigenvalue weighted by Gasteiger charge is 2.17. The summed E-state index contributed by atoms with van der Waals surface area (Å²) in [5.74, 6) is 0.373. The second kappa shape index (κ2) is 6.93. The first kappa shape index (κ1) is 16.5. The monoisotopic (exact) mass is 323 g/mol. The summed E-state index contributed by atoms with van der Waals surface area (Å²) < 4.78 is 33.2. The summed E-state index contributed by atoms with van der Waals surface area (Å²) in [7, 11) is -1.98. The van der Waals surface area contributed by atoms with Crippen LogP contribution < -0.4 is 4.72 Å². The van der Waals surface area contributed by atoms with Crippen LogP contribution in [-0.4, -0.2) is 37.7 Å². The molecule has 0 bridgehead atoms. The highest BCUT2D eigenvalue weighted by Crippen LogP contribution is 2.25. The zero-order chi connectivity index (χ0) is 16.2. The predicted octanol–water partition coefficient (Wildman–Crippen LogP) is 2.52. The average Bonchev–Trinajstić information content (AvgIpc) is 2.89. The number of nitrogens with one attached hydrogen (secondary N) is 1. The molecule has 6 nitrogen and oxygen atoms in total. The molecule has 1 heterocycles. The summed E-state index contributed by atoms with van der Waals surface area (Å²) in [5.41, 5.74) is 1.68. The normalized spacial score (nSPS) is 11.8. The van der Waals surface area contributed by atoms with Crippen LogP contribution in [0.25, 0.3) is 11.3 Å². The molecule has 7 heteroatoms. The molecule has 1 aromatic carbocycles. The number of sulfonamides is 1. The molecule has 22 heavy (non-hydrogen) atoms. The molecule has 0 radical (unpaired) electrons. The van der Waals surface area contributed by atoms with Gasteiger partial charge in [-0.1, -0.05) is 30.3 Å². The van der Waals surface area contributed by atoms with E-state index in [4.69, 9.17) is 4.74 Å². The summed E-state index contributed by atoms with van der Waals surface area (Å²) in [6.07, 6.45) is 0. The number of rotatable bonds is 7. The van der Waals surface area contributed by atoms with E-state index in [1.54, 1.807) is 10.7 Å². The van der Waals surface area contributed by atoms with E-state index in [0.717, 1.165) is 11.3 Å². The van der Waals surface area contributed by atoms with Gasteiger partial charge < -0.3 is 4.74 Å². The quantitative estimate of drug-likeness (QED) is 0.850. The van der Waals surface area contributed by atoms with Crippen LogP contribution in [0, 0.1) is 0 Å². The van der Waals surface area contributed by atoms with Gasteiger partial charge in [0.05, 0.1) is 18.1 Å². The minimum Gasteiger partial charge on any atom is -0.384 e. The summed E-state index contributed by atoms with van der Waals surface area (Å²) >= 11 is 0. The maximum atomic E-state index is 12.0. The Morgan fingerprint density at radius 2 is 1.95 bits per heavy atom. The number of anilines is 1. The Kier molecular flexibility index (Phi) is 5.20. The van der Waals surface area contributed by atoms with Crippen molar-refractivity contribution in [1.82, 2.24) is 9.78 Å². The third kappa shape index (κ3) is 4.08. The summed E-state index contributed by atoms with van der Waals surface area (Å²) in [5, 5.41) is 4.50. The first-order valence-electron chi connectivity index (χ1n) is 7.07. The number of hydrogen-bond acceptors (Lipinski definition) is 4. The Morgan fingerprint density at radius 1 is 1.27 bits per heavy atom. The Hall–Kier alpha value is -1.86. The number of benzene rings is 1. The van der Waals surface area contributed by atoms with Crippen molar-refractivity contribution in [2.45, 2.75) is 19.9 Å². The van der Waals surface area contributed by atoms with Crippen LogP contribution in [0.15, 0.2) is 36.4 Å². The van der Waals surface area contributed by atoms with Crippen molar-refractivity contribution >= 4 is 15.8 Å². The minimum absolute atomic E-state index is 0.0394. The van der Waals surface area contributed by atoms with Crippen LogP contribution in [-0.2, 0) is 14.8 Å². The van der Waals surface area contributed by atoms with Crippen LogP contribution in [0.4, 0.5) is 5.82 Å². The molecule has 0 spiro atoms. The van der Waals surface area contributed by atoms with E-state index in [1.807, 2.05) is 44.2 Å². The zero-order valence-electron chi connectivity index (χ0n) is 13.0. The van der Waals surface area contributed by atoms with Gasteiger partial charge in [-0.15, -0.1) is 0 Å². The van der Waals surface area contributed by atoms with E-state index < -0.39 is 10.0 Å². The van der Waals surface area contributed by atoms with Crippen molar-refractivity contribution in [3.63, 3.8) is 0 Å². The SMILES string of the molecule is COCCS(=O)(=O)Nc1cc(-c2ccccc2)nn1C(C)C. The second-order valence-electron chi connectivity index (χ2n) is 5.23. The first-order valence-corrected chi connectivity index (χ1v) is 8.72. The topological polar surface area (TPSA) is 73.2 Å². The second-order valence-corrected chi connectivity index (χ2v) is 7.07. The fourth-order valence-electron chi connectivity index (χ4n) is 2.02. The van der Waals surface area contributed by atoms with E-state index in [0.29, 0.717) is 5.82 Å². The van der Waals surface area contributed by atoms with Crippen LogP contribution in [0.1, 0.15) is 19.9 Å². The lowest BCUT2D eigenvalue weighted by molar-refractivity contribution is 0.217. The highest BCUT2D eigenvalue weighted by molar-refractivity contribution is 7.92. The molecule has 0 fully saturated rings. The fourth-order valence-corrected chi connectivity index (χ4v) is 2.98. The molecule has 0 aliphatic rings. The molecule has 0 amide bonds. The molecule has 2 aromatic rings. The predicted molar refractivity (Wildman–Crippen MR) is 87.3 cm³/mol. The molecule has 0 unspecified atom stereocenters. The molecule has 0 saturated heterocycles. The van der Waals surface area contributed by atoms with Gasteiger partial charge in [0, 0.05) is 24.8 Å². The minimum atomic E-state index is -3.46. The van der Waals surface area contributed by atoms with E-state index in [-0.39, 0.29) is 18.4 Å². The molecule has 0 aliphatic carbocycles. The largest absolute Gasteiger partial charge is 0.384 e. The van der Waals surface area contributed by atoms with E-state index in [2.05, 4.69) is 9.82 Å². The fraction of sp³-hybridized carbons (Fsp3) is 0.400. The van der Waals surface area contributed by atoms with Gasteiger partial charge in [0.2, 0.25) is 10.0 Å². The smallest absolute Gasteiger partial charge is 0.236 e. The van der Waals surface area contributed by atoms with E-state index >= 15 is 0 Å². The Labute approximate surface area is 131 Å².